The van der Waals surface area contributed by atoms with E-state index in [-0.39, 0.29) is 5.91 Å². The summed E-state index contributed by atoms with van der Waals surface area (Å²) in [4.78, 5) is 16.2. The minimum Gasteiger partial charge on any atom is -0.339 e. The molecule has 0 aliphatic heterocycles. The molecule has 0 radical (unpaired) electrons. The molecule has 0 aliphatic carbocycles. The monoisotopic (exact) mass is 337 g/mol. The van der Waals surface area contributed by atoms with Gasteiger partial charge >= 0.3 is 0 Å². The highest BCUT2D eigenvalue weighted by Gasteiger charge is 2.21. The second-order valence-corrected chi connectivity index (χ2v) is 6.73. The van der Waals surface area contributed by atoms with Gasteiger partial charge in [0, 0.05) is 10.4 Å². The van der Waals surface area contributed by atoms with E-state index in [4.69, 9.17) is 23.2 Å². The Morgan fingerprint density at radius 3 is 2.41 bits per heavy atom. The number of nitrogens with zero attached hydrogens (tertiary/aromatic N) is 1. The Morgan fingerprint density at radius 1 is 1.14 bits per heavy atom. The Morgan fingerprint density at radius 2 is 1.86 bits per heavy atom. The van der Waals surface area contributed by atoms with Gasteiger partial charge in [0.2, 0.25) is 5.91 Å². The fourth-order valence-corrected chi connectivity index (χ4v) is 2.04. The molecule has 0 spiro atoms. The fourth-order valence-electron chi connectivity index (χ4n) is 1.59. The van der Waals surface area contributed by atoms with Gasteiger partial charge in [-0.25, -0.2) is 4.98 Å². The molecule has 4 nitrogen and oxygen atoms in total. The number of rotatable bonds is 3. The van der Waals surface area contributed by atoms with Gasteiger partial charge in [0.05, 0.1) is 22.6 Å². The van der Waals surface area contributed by atoms with Crippen molar-refractivity contribution in [2.75, 3.05) is 10.6 Å². The zero-order valence-electron chi connectivity index (χ0n) is 12.6. The van der Waals surface area contributed by atoms with Crippen molar-refractivity contribution in [3.05, 3.63) is 46.6 Å². The summed E-state index contributed by atoms with van der Waals surface area (Å²) in [5.41, 5.74) is 0.908. The minimum atomic E-state index is -0.451. The number of halogens is 2. The van der Waals surface area contributed by atoms with Crippen LogP contribution in [0.3, 0.4) is 0 Å². The summed E-state index contributed by atoms with van der Waals surface area (Å²) in [5.74, 6) is 0.564. The van der Waals surface area contributed by atoms with Crippen LogP contribution in [0.15, 0.2) is 36.5 Å². The van der Waals surface area contributed by atoms with E-state index in [0.29, 0.717) is 27.2 Å². The number of nitrogens with one attached hydrogen (secondary N) is 2. The molecule has 22 heavy (non-hydrogen) atoms. The summed E-state index contributed by atoms with van der Waals surface area (Å²) in [6, 6.07) is 8.73. The van der Waals surface area contributed by atoms with Crippen LogP contribution < -0.4 is 10.6 Å². The van der Waals surface area contributed by atoms with Gasteiger partial charge in [0.25, 0.3) is 0 Å². The van der Waals surface area contributed by atoms with Crippen LogP contribution in [0.5, 0.6) is 0 Å². The molecule has 2 N–H and O–H groups in total. The minimum absolute atomic E-state index is 0.0595. The summed E-state index contributed by atoms with van der Waals surface area (Å²) in [6.45, 7) is 5.57. The molecule has 2 aromatic rings. The lowest BCUT2D eigenvalue weighted by Crippen LogP contribution is -2.27. The van der Waals surface area contributed by atoms with E-state index in [1.54, 1.807) is 36.5 Å². The lowest BCUT2D eigenvalue weighted by Gasteiger charge is -2.17. The van der Waals surface area contributed by atoms with Gasteiger partial charge in [0.15, 0.2) is 0 Å². The van der Waals surface area contributed by atoms with Crippen LogP contribution in [0.2, 0.25) is 10.0 Å². The van der Waals surface area contributed by atoms with Crippen molar-refractivity contribution in [3.63, 3.8) is 0 Å². The topological polar surface area (TPSA) is 54.0 Å². The number of benzene rings is 1. The Bertz CT molecular complexity index is 679. The van der Waals surface area contributed by atoms with Gasteiger partial charge in [-0.05, 0) is 30.3 Å². The van der Waals surface area contributed by atoms with Crippen LogP contribution in [0.4, 0.5) is 17.2 Å². The molecule has 0 saturated carbocycles. The van der Waals surface area contributed by atoms with E-state index < -0.39 is 5.41 Å². The molecule has 0 atom stereocenters. The van der Waals surface area contributed by atoms with Crippen molar-refractivity contribution in [2.45, 2.75) is 20.8 Å². The van der Waals surface area contributed by atoms with Crippen molar-refractivity contribution in [2.24, 2.45) is 5.41 Å². The van der Waals surface area contributed by atoms with Gasteiger partial charge in [0.1, 0.15) is 5.82 Å². The number of anilines is 3. The van der Waals surface area contributed by atoms with Gasteiger partial charge < -0.3 is 10.6 Å². The van der Waals surface area contributed by atoms with Crippen LogP contribution in [-0.2, 0) is 4.79 Å². The Labute approximate surface area is 139 Å². The van der Waals surface area contributed by atoms with Crippen LogP contribution >= 0.6 is 23.2 Å². The molecule has 0 unspecified atom stereocenters. The maximum absolute atomic E-state index is 11.9. The SMILES string of the molecule is CC(C)(C)C(=O)Nc1ccc(Nc2ccc(Cl)cc2Cl)nc1. The average molecular weight is 338 g/mol. The normalized spacial score (nSPS) is 11.1. The first kappa shape index (κ1) is 16.6. The summed E-state index contributed by atoms with van der Waals surface area (Å²) in [6.07, 6.45) is 1.59. The molecular weight excluding hydrogens is 321 g/mol. The van der Waals surface area contributed by atoms with E-state index in [0.717, 1.165) is 0 Å². The number of aromatic nitrogens is 1. The van der Waals surface area contributed by atoms with Crippen molar-refractivity contribution in [1.82, 2.24) is 4.98 Å². The van der Waals surface area contributed by atoms with E-state index in [9.17, 15) is 4.79 Å². The zero-order valence-corrected chi connectivity index (χ0v) is 14.1. The molecule has 1 heterocycles. The highest BCUT2D eigenvalue weighted by molar-refractivity contribution is 6.36. The second-order valence-electron chi connectivity index (χ2n) is 5.89. The third kappa shape index (κ3) is 4.36. The van der Waals surface area contributed by atoms with Crippen LogP contribution in [0.25, 0.3) is 0 Å². The molecule has 116 valence electrons. The average Bonchev–Trinajstić information content (AvgIpc) is 2.43. The number of amides is 1. The zero-order chi connectivity index (χ0) is 16.3. The van der Waals surface area contributed by atoms with Gasteiger partial charge in [-0.1, -0.05) is 44.0 Å². The molecule has 0 aliphatic rings. The number of pyridine rings is 1. The number of carbonyl (C=O) groups is 1. The largest absolute Gasteiger partial charge is 0.339 e. The maximum atomic E-state index is 11.9. The third-order valence-corrected chi connectivity index (χ3v) is 3.44. The number of hydrogen-bond donors (Lipinski definition) is 2. The van der Waals surface area contributed by atoms with E-state index in [1.165, 1.54) is 0 Å². The Balaban J connectivity index is 2.07. The standard InChI is InChI=1S/C16H17Cl2N3O/c1-16(2,3)15(22)20-11-5-7-14(19-9-11)21-13-6-4-10(17)8-12(13)18/h4-9H,1-3H3,(H,19,21)(H,20,22). The highest BCUT2D eigenvalue weighted by atomic mass is 35.5. The molecule has 0 fully saturated rings. The van der Waals surface area contributed by atoms with Gasteiger partial charge in [-0.15, -0.1) is 0 Å². The van der Waals surface area contributed by atoms with Crippen molar-refractivity contribution >= 4 is 46.3 Å². The molecule has 1 amide bonds. The van der Waals surface area contributed by atoms with Crippen molar-refractivity contribution in [1.29, 1.82) is 0 Å². The third-order valence-electron chi connectivity index (χ3n) is 2.90. The molecule has 1 aromatic carbocycles. The first-order valence-electron chi connectivity index (χ1n) is 6.75. The highest BCUT2D eigenvalue weighted by Crippen LogP contribution is 2.28. The molecule has 6 heteroatoms. The van der Waals surface area contributed by atoms with Crippen LogP contribution in [0.1, 0.15) is 20.8 Å². The molecular formula is C16H17Cl2N3O. The first-order valence-corrected chi connectivity index (χ1v) is 7.51. The van der Waals surface area contributed by atoms with E-state index in [2.05, 4.69) is 15.6 Å². The summed E-state index contributed by atoms with van der Waals surface area (Å²) in [7, 11) is 0. The predicted molar refractivity (Wildman–Crippen MR) is 92.1 cm³/mol. The van der Waals surface area contributed by atoms with Crippen LogP contribution in [0, 0.1) is 5.41 Å². The fraction of sp³-hybridized carbons (Fsp3) is 0.250. The number of hydrogen-bond acceptors (Lipinski definition) is 3. The molecule has 0 saturated heterocycles. The molecule has 0 bridgehead atoms. The summed E-state index contributed by atoms with van der Waals surface area (Å²) < 4.78 is 0. The number of carbonyl (C=O) groups excluding carboxylic acids is 1. The first-order chi connectivity index (χ1) is 10.3. The lowest BCUT2D eigenvalue weighted by atomic mass is 9.96. The Hall–Kier alpha value is -1.78. The van der Waals surface area contributed by atoms with Crippen molar-refractivity contribution < 1.29 is 4.79 Å². The predicted octanol–water partition coefficient (Wildman–Crippen LogP) is 5.12. The Kier molecular flexibility index (Phi) is 4.94. The quantitative estimate of drug-likeness (QED) is 0.817. The van der Waals surface area contributed by atoms with Gasteiger partial charge in [-0.3, -0.25) is 4.79 Å². The van der Waals surface area contributed by atoms with Crippen molar-refractivity contribution in [3.8, 4) is 0 Å². The molecule has 2 rings (SSSR count). The maximum Gasteiger partial charge on any atom is 0.229 e. The van der Waals surface area contributed by atoms with Gasteiger partial charge in [-0.2, -0.15) is 0 Å². The lowest BCUT2D eigenvalue weighted by molar-refractivity contribution is -0.123. The van der Waals surface area contributed by atoms with E-state index >= 15 is 0 Å². The summed E-state index contributed by atoms with van der Waals surface area (Å²) in [5, 5.41) is 7.00. The molecule has 1 aromatic heterocycles. The summed E-state index contributed by atoms with van der Waals surface area (Å²) >= 11 is 12.0. The van der Waals surface area contributed by atoms with Crippen LogP contribution in [-0.4, -0.2) is 10.9 Å². The van der Waals surface area contributed by atoms with E-state index in [1.807, 2.05) is 20.8 Å². The smallest absolute Gasteiger partial charge is 0.229 e. The second kappa shape index (κ2) is 6.55.